The summed E-state index contributed by atoms with van der Waals surface area (Å²) in [5.74, 6) is -0.302. The number of aromatic amines is 1. The van der Waals surface area contributed by atoms with Crippen LogP contribution in [-0.4, -0.2) is 27.4 Å². The molecule has 0 spiro atoms. The quantitative estimate of drug-likeness (QED) is 0.374. The van der Waals surface area contributed by atoms with E-state index in [9.17, 15) is 9.90 Å². The van der Waals surface area contributed by atoms with Crippen molar-refractivity contribution < 1.29 is 9.90 Å². The first-order chi connectivity index (χ1) is 13.6. The average Bonchev–Trinajstić information content (AvgIpc) is 3.11. The van der Waals surface area contributed by atoms with Crippen LogP contribution in [0.25, 0.3) is 22.0 Å². The molecule has 0 aliphatic heterocycles. The van der Waals surface area contributed by atoms with Crippen LogP contribution in [0.1, 0.15) is 21.6 Å². The molecule has 6 nitrogen and oxygen atoms in total. The van der Waals surface area contributed by atoms with Gasteiger partial charge in [-0.15, -0.1) is 0 Å². The second-order valence-corrected chi connectivity index (χ2v) is 6.36. The van der Waals surface area contributed by atoms with Gasteiger partial charge in [-0.3, -0.25) is 9.89 Å². The predicted octanol–water partition coefficient (Wildman–Crippen LogP) is 4.01. The number of rotatable bonds is 4. The predicted molar refractivity (Wildman–Crippen MR) is 109 cm³/mol. The highest BCUT2D eigenvalue weighted by Gasteiger charge is 2.16. The topological polar surface area (TPSA) is 90.4 Å². The molecule has 4 rings (SSSR count). The van der Waals surface area contributed by atoms with E-state index in [0.717, 1.165) is 27.6 Å². The average molecular weight is 370 g/mol. The van der Waals surface area contributed by atoms with Crippen LogP contribution in [-0.2, 0) is 0 Å². The maximum Gasteiger partial charge on any atom is 0.289 e. The van der Waals surface area contributed by atoms with E-state index in [1.54, 1.807) is 6.07 Å². The minimum atomic E-state index is -0.400. The molecule has 4 aromatic rings. The van der Waals surface area contributed by atoms with Crippen molar-refractivity contribution in [3.63, 3.8) is 0 Å². The third-order valence-electron chi connectivity index (χ3n) is 4.59. The highest BCUT2D eigenvalue weighted by atomic mass is 16.3. The van der Waals surface area contributed by atoms with Gasteiger partial charge < -0.3 is 5.11 Å². The number of nitrogens with one attached hydrogen (secondary N) is 2. The highest BCUT2D eigenvalue weighted by Crippen LogP contribution is 2.25. The van der Waals surface area contributed by atoms with Crippen LogP contribution in [0, 0.1) is 6.92 Å². The lowest BCUT2D eigenvalue weighted by Gasteiger charge is -2.05. The van der Waals surface area contributed by atoms with E-state index in [-0.39, 0.29) is 5.75 Å². The standard InChI is InChI=1S/C22H18N4O2/c1-14-20(16-8-3-2-4-9-16)24-25-21(14)22(28)26-23-13-18-17-10-6-5-7-15(17)11-12-19(18)27/h2-13,27H,1H3,(H,24,25)(H,26,28)/b23-13+. The molecule has 138 valence electrons. The van der Waals surface area contributed by atoms with E-state index >= 15 is 0 Å². The number of fused-ring (bicyclic) bond motifs is 1. The molecule has 0 saturated heterocycles. The fourth-order valence-electron chi connectivity index (χ4n) is 3.13. The van der Waals surface area contributed by atoms with E-state index < -0.39 is 5.91 Å². The number of carbonyl (C=O) groups excluding carboxylic acids is 1. The Labute approximate surface area is 161 Å². The summed E-state index contributed by atoms with van der Waals surface area (Å²) in [6.07, 6.45) is 1.44. The van der Waals surface area contributed by atoms with Crippen LogP contribution < -0.4 is 5.43 Å². The molecular weight excluding hydrogens is 352 g/mol. The first-order valence-electron chi connectivity index (χ1n) is 8.79. The van der Waals surface area contributed by atoms with Gasteiger partial charge in [-0.2, -0.15) is 10.2 Å². The zero-order valence-corrected chi connectivity index (χ0v) is 15.2. The van der Waals surface area contributed by atoms with Crippen molar-refractivity contribution in [1.29, 1.82) is 0 Å². The summed E-state index contributed by atoms with van der Waals surface area (Å²) < 4.78 is 0. The van der Waals surface area contributed by atoms with E-state index in [4.69, 9.17) is 0 Å². The van der Waals surface area contributed by atoms with Gasteiger partial charge in [-0.1, -0.05) is 60.7 Å². The lowest BCUT2D eigenvalue weighted by Crippen LogP contribution is -2.19. The normalized spacial score (nSPS) is 11.2. The molecule has 3 aromatic carbocycles. The molecule has 0 aliphatic rings. The Balaban J connectivity index is 1.56. The zero-order chi connectivity index (χ0) is 19.5. The molecule has 1 heterocycles. The van der Waals surface area contributed by atoms with Gasteiger partial charge in [0.1, 0.15) is 11.4 Å². The van der Waals surface area contributed by atoms with Gasteiger partial charge in [-0.25, -0.2) is 5.43 Å². The van der Waals surface area contributed by atoms with Gasteiger partial charge in [0.25, 0.3) is 5.91 Å². The molecule has 0 bridgehead atoms. The van der Waals surface area contributed by atoms with Gasteiger partial charge in [0.05, 0.1) is 11.9 Å². The number of hydrogen-bond acceptors (Lipinski definition) is 4. The van der Waals surface area contributed by atoms with E-state index in [0.29, 0.717) is 11.3 Å². The molecular formula is C22H18N4O2. The molecule has 1 amide bonds. The Morgan fingerprint density at radius 1 is 1.07 bits per heavy atom. The van der Waals surface area contributed by atoms with Crippen molar-refractivity contribution in [2.45, 2.75) is 6.92 Å². The summed E-state index contributed by atoms with van der Waals surface area (Å²) in [6.45, 7) is 1.83. The lowest BCUT2D eigenvalue weighted by atomic mass is 10.0. The van der Waals surface area contributed by atoms with Crippen LogP contribution >= 0.6 is 0 Å². The summed E-state index contributed by atoms with van der Waals surface area (Å²) in [4.78, 5) is 12.5. The number of hydrazone groups is 1. The second-order valence-electron chi connectivity index (χ2n) is 6.36. The Morgan fingerprint density at radius 3 is 2.64 bits per heavy atom. The fraction of sp³-hybridized carbons (Fsp3) is 0.0455. The molecule has 0 fully saturated rings. The zero-order valence-electron chi connectivity index (χ0n) is 15.2. The maximum absolute atomic E-state index is 12.5. The van der Waals surface area contributed by atoms with Crippen molar-refractivity contribution in [3.8, 4) is 17.0 Å². The Morgan fingerprint density at radius 2 is 1.82 bits per heavy atom. The summed E-state index contributed by atoms with van der Waals surface area (Å²) >= 11 is 0. The maximum atomic E-state index is 12.5. The number of aromatic nitrogens is 2. The van der Waals surface area contributed by atoms with Gasteiger partial charge in [0.2, 0.25) is 0 Å². The fourth-order valence-corrected chi connectivity index (χ4v) is 3.13. The third-order valence-corrected chi connectivity index (χ3v) is 4.59. The van der Waals surface area contributed by atoms with Crippen LogP contribution in [0.15, 0.2) is 71.8 Å². The Hall–Kier alpha value is -3.93. The van der Waals surface area contributed by atoms with Crippen LogP contribution in [0.5, 0.6) is 5.75 Å². The molecule has 0 saturated carbocycles. The van der Waals surface area contributed by atoms with Gasteiger partial charge in [0, 0.05) is 16.7 Å². The number of aromatic hydroxyl groups is 1. The number of phenols is 1. The van der Waals surface area contributed by atoms with Crippen molar-refractivity contribution in [3.05, 3.63) is 83.6 Å². The monoisotopic (exact) mass is 370 g/mol. The number of benzene rings is 3. The minimum absolute atomic E-state index is 0.0979. The van der Waals surface area contributed by atoms with Crippen molar-refractivity contribution in [2.24, 2.45) is 5.10 Å². The number of amides is 1. The van der Waals surface area contributed by atoms with E-state index in [1.807, 2.05) is 67.6 Å². The molecule has 0 radical (unpaired) electrons. The van der Waals surface area contributed by atoms with Gasteiger partial charge in [0.15, 0.2) is 0 Å². The van der Waals surface area contributed by atoms with E-state index in [1.165, 1.54) is 6.21 Å². The number of hydrogen-bond donors (Lipinski definition) is 3. The lowest BCUT2D eigenvalue weighted by molar-refractivity contribution is 0.0949. The summed E-state index contributed by atoms with van der Waals surface area (Å²) in [5, 5.41) is 23.0. The minimum Gasteiger partial charge on any atom is -0.507 e. The SMILES string of the molecule is Cc1c(-c2ccccc2)n[nH]c1C(=O)N/N=C/c1c(O)ccc2ccccc12. The molecule has 1 aromatic heterocycles. The molecule has 0 atom stereocenters. The highest BCUT2D eigenvalue weighted by molar-refractivity contribution is 6.03. The van der Waals surface area contributed by atoms with Crippen LogP contribution in [0.2, 0.25) is 0 Å². The summed E-state index contributed by atoms with van der Waals surface area (Å²) in [6, 6.07) is 20.7. The molecule has 0 aliphatic carbocycles. The van der Waals surface area contributed by atoms with Crippen molar-refractivity contribution in [2.75, 3.05) is 0 Å². The Kier molecular flexibility index (Phi) is 4.60. The molecule has 0 unspecified atom stereocenters. The van der Waals surface area contributed by atoms with Crippen molar-refractivity contribution in [1.82, 2.24) is 15.6 Å². The molecule has 3 N–H and O–H groups in total. The largest absolute Gasteiger partial charge is 0.507 e. The number of carbonyl (C=O) groups is 1. The van der Waals surface area contributed by atoms with E-state index in [2.05, 4.69) is 20.7 Å². The van der Waals surface area contributed by atoms with Crippen LogP contribution in [0.3, 0.4) is 0 Å². The molecule has 28 heavy (non-hydrogen) atoms. The number of H-pyrrole nitrogens is 1. The third kappa shape index (κ3) is 3.23. The van der Waals surface area contributed by atoms with Crippen LogP contribution in [0.4, 0.5) is 0 Å². The number of phenolic OH excluding ortho intramolecular Hbond substituents is 1. The number of nitrogens with zero attached hydrogens (tertiary/aromatic N) is 2. The second kappa shape index (κ2) is 7.36. The van der Waals surface area contributed by atoms with Gasteiger partial charge in [-0.05, 0) is 23.8 Å². The first kappa shape index (κ1) is 17.5. The Bertz CT molecular complexity index is 1180. The molecule has 6 heteroatoms. The summed E-state index contributed by atoms with van der Waals surface area (Å²) in [7, 11) is 0. The van der Waals surface area contributed by atoms with Crippen molar-refractivity contribution >= 4 is 22.9 Å². The summed E-state index contributed by atoms with van der Waals surface area (Å²) in [5.41, 5.74) is 5.78. The van der Waals surface area contributed by atoms with Gasteiger partial charge >= 0.3 is 0 Å². The smallest absolute Gasteiger partial charge is 0.289 e. The first-order valence-corrected chi connectivity index (χ1v) is 8.79.